The molecule has 2 aliphatic rings. The van der Waals surface area contributed by atoms with Crippen LogP contribution in [0, 0.1) is 0 Å². The van der Waals surface area contributed by atoms with Crippen LogP contribution in [0.15, 0.2) is 59.5 Å². The van der Waals surface area contributed by atoms with Crippen molar-refractivity contribution in [1.82, 2.24) is 4.31 Å². The molecule has 6 nitrogen and oxygen atoms in total. The van der Waals surface area contributed by atoms with Crippen molar-refractivity contribution in [1.29, 1.82) is 0 Å². The van der Waals surface area contributed by atoms with Crippen LogP contribution in [-0.2, 0) is 14.8 Å². The van der Waals surface area contributed by atoms with Gasteiger partial charge in [0.1, 0.15) is 11.4 Å². The maximum Gasteiger partial charge on any atom is 0.269 e. The van der Waals surface area contributed by atoms with Crippen LogP contribution in [0.5, 0.6) is 0 Å². The Hall–Kier alpha value is -2.67. The number of carbonyl (C=O) groups is 2. The molecule has 1 aliphatic heterocycles. The van der Waals surface area contributed by atoms with Gasteiger partial charge in [-0.1, -0.05) is 49.6 Å². The van der Waals surface area contributed by atoms with Gasteiger partial charge in [0, 0.05) is 11.7 Å². The van der Waals surface area contributed by atoms with Crippen LogP contribution in [0.25, 0.3) is 0 Å². The lowest BCUT2D eigenvalue weighted by Crippen LogP contribution is -2.48. The van der Waals surface area contributed by atoms with E-state index in [-0.39, 0.29) is 22.4 Å². The minimum Gasteiger partial charge on any atom is -0.308 e. The van der Waals surface area contributed by atoms with Crippen molar-refractivity contribution in [2.24, 2.45) is 0 Å². The van der Waals surface area contributed by atoms with E-state index in [2.05, 4.69) is 0 Å². The summed E-state index contributed by atoms with van der Waals surface area (Å²) in [5.41, 5.74) is 0.861. The summed E-state index contributed by atoms with van der Waals surface area (Å²) in [7, 11) is -4.00. The van der Waals surface area contributed by atoms with Crippen LogP contribution in [0.3, 0.4) is 0 Å². The largest absolute Gasteiger partial charge is 0.308 e. The molecule has 1 fully saturated rings. The van der Waals surface area contributed by atoms with Crippen LogP contribution in [0.4, 0.5) is 5.69 Å². The molecule has 0 radical (unpaired) electrons. The summed E-state index contributed by atoms with van der Waals surface area (Å²) < 4.78 is 26.3. The van der Waals surface area contributed by atoms with E-state index in [9.17, 15) is 18.0 Å². The molecule has 0 atom stereocenters. The number of para-hydroxylation sites is 1. The highest BCUT2D eigenvalue weighted by Crippen LogP contribution is 2.32. The Morgan fingerprint density at radius 3 is 2.29 bits per heavy atom. The second-order valence-corrected chi connectivity index (χ2v) is 9.03. The summed E-state index contributed by atoms with van der Waals surface area (Å²) in [5, 5.41) is 0. The monoisotopic (exact) mass is 398 g/mol. The average molecular weight is 398 g/mol. The topological polar surface area (TPSA) is 74.8 Å². The van der Waals surface area contributed by atoms with E-state index >= 15 is 0 Å². The molecule has 1 saturated carbocycles. The summed E-state index contributed by atoms with van der Waals surface area (Å²) in [6, 6.07) is 15.4. The minimum atomic E-state index is -4.00. The van der Waals surface area contributed by atoms with Crippen LogP contribution < -0.4 is 4.90 Å². The van der Waals surface area contributed by atoms with Gasteiger partial charge < -0.3 is 4.90 Å². The highest BCUT2D eigenvalue weighted by molar-refractivity contribution is 7.90. The van der Waals surface area contributed by atoms with Gasteiger partial charge in [-0.3, -0.25) is 9.59 Å². The maximum atomic E-state index is 13.3. The molecule has 0 bridgehead atoms. The zero-order valence-electron chi connectivity index (χ0n) is 15.5. The number of anilines is 1. The van der Waals surface area contributed by atoms with Gasteiger partial charge in [-0.2, -0.15) is 0 Å². The highest BCUT2D eigenvalue weighted by atomic mass is 32.2. The molecule has 2 amide bonds. The lowest BCUT2D eigenvalue weighted by molar-refractivity contribution is -0.119. The summed E-state index contributed by atoms with van der Waals surface area (Å²) in [6.07, 6.45) is 4.96. The fourth-order valence-corrected chi connectivity index (χ4v) is 5.59. The van der Waals surface area contributed by atoms with Crippen LogP contribution in [0.1, 0.15) is 42.5 Å². The van der Waals surface area contributed by atoms with Gasteiger partial charge in [0.05, 0.1) is 5.56 Å². The molecule has 0 aromatic heterocycles. The van der Waals surface area contributed by atoms with Gasteiger partial charge in [0.25, 0.3) is 15.9 Å². The molecule has 28 heavy (non-hydrogen) atoms. The van der Waals surface area contributed by atoms with Crippen LogP contribution in [-0.4, -0.2) is 37.1 Å². The lowest BCUT2D eigenvalue weighted by atomic mass is 9.93. The van der Waals surface area contributed by atoms with Gasteiger partial charge in [0.2, 0.25) is 5.91 Å². The van der Waals surface area contributed by atoms with E-state index in [1.165, 1.54) is 12.1 Å². The third-order valence-corrected chi connectivity index (χ3v) is 7.22. The smallest absolute Gasteiger partial charge is 0.269 e. The first kappa shape index (κ1) is 18.7. The first-order valence-corrected chi connectivity index (χ1v) is 11.0. The van der Waals surface area contributed by atoms with Crippen molar-refractivity contribution in [2.75, 3.05) is 11.4 Å². The Morgan fingerprint density at radius 1 is 0.964 bits per heavy atom. The Kier molecular flexibility index (Phi) is 4.93. The third-order valence-electron chi connectivity index (χ3n) is 5.43. The third kappa shape index (κ3) is 3.20. The molecule has 4 rings (SSSR count). The molecule has 0 saturated heterocycles. The van der Waals surface area contributed by atoms with Crippen molar-refractivity contribution in [3.8, 4) is 0 Å². The number of hydrogen-bond donors (Lipinski definition) is 0. The molecule has 0 unspecified atom stereocenters. The van der Waals surface area contributed by atoms with Gasteiger partial charge >= 0.3 is 0 Å². The number of rotatable bonds is 4. The van der Waals surface area contributed by atoms with E-state index in [4.69, 9.17) is 0 Å². The average Bonchev–Trinajstić information content (AvgIpc) is 2.91. The minimum absolute atomic E-state index is 0.0198. The first-order valence-electron chi connectivity index (χ1n) is 9.53. The number of fused-ring (bicyclic) bond motifs is 1. The normalized spacial score (nSPS) is 18.7. The van der Waals surface area contributed by atoms with Crippen LogP contribution in [0.2, 0.25) is 0 Å². The molecular formula is C21H22N2O4S. The second-order valence-electron chi connectivity index (χ2n) is 7.20. The molecule has 2 aromatic carbocycles. The molecule has 0 spiro atoms. The quantitative estimate of drug-likeness (QED) is 0.793. The fourth-order valence-electron chi connectivity index (χ4n) is 4.07. The Balaban J connectivity index is 1.64. The van der Waals surface area contributed by atoms with Gasteiger partial charge in [-0.25, -0.2) is 12.7 Å². The predicted octanol–water partition coefficient (Wildman–Crippen LogP) is 3.20. The Morgan fingerprint density at radius 2 is 1.61 bits per heavy atom. The molecule has 1 heterocycles. The Labute approximate surface area is 164 Å². The zero-order valence-corrected chi connectivity index (χ0v) is 16.3. The summed E-state index contributed by atoms with van der Waals surface area (Å²) in [6.45, 7) is -0.485. The van der Waals surface area contributed by atoms with Gasteiger partial charge in [-0.15, -0.1) is 0 Å². The first-order chi connectivity index (χ1) is 13.5. The van der Waals surface area contributed by atoms with E-state index in [0.29, 0.717) is 4.31 Å². The predicted molar refractivity (Wildman–Crippen MR) is 105 cm³/mol. The summed E-state index contributed by atoms with van der Waals surface area (Å²) in [5.74, 6) is -1.01. The van der Waals surface area contributed by atoms with Crippen molar-refractivity contribution in [2.45, 2.75) is 43.0 Å². The Bertz CT molecular complexity index is 998. The number of benzene rings is 2. The van der Waals surface area contributed by atoms with Gasteiger partial charge in [0.15, 0.2) is 0 Å². The number of nitrogens with zero attached hydrogens (tertiary/aromatic N) is 2. The van der Waals surface area contributed by atoms with Crippen LogP contribution >= 0.6 is 0 Å². The standard InChI is InChI=1S/C21H22N2O4S/c24-20(15-22-21(25)18-13-7-8-14-19(18)28(22,26)27)23(16-9-3-1-4-10-16)17-11-5-2-6-12-17/h1,3-4,7-10,13-14,17H,2,5-6,11-12,15H2. The molecule has 146 valence electrons. The molecule has 0 N–H and O–H groups in total. The van der Waals surface area contributed by atoms with Crippen molar-refractivity contribution < 1.29 is 18.0 Å². The summed E-state index contributed by atoms with van der Waals surface area (Å²) >= 11 is 0. The molecular weight excluding hydrogens is 376 g/mol. The van der Waals surface area contributed by atoms with Crippen molar-refractivity contribution in [3.63, 3.8) is 0 Å². The van der Waals surface area contributed by atoms with E-state index in [0.717, 1.165) is 37.8 Å². The molecule has 2 aromatic rings. The van der Waals surface area contributed by atoms with Gasteiger partial charge in [-0.05, 0) is 37.1 Å². The van der Waals surface area contributed by atoms with Crippen molar-refractivity contribution >= 4 is 27.5 Å². The zero-order chi connectivity index (χ0) is 19.7. The van der Waals surface area contributed by atoms with E-state index in [1.54, 1.807) is 17.0 Å². The SMILES string of the molecule is O=C(CN1C(=O)c2ccccc2S1(=O)=O)N(c1ccccc1)C1CCCCC1. The van der Waals surface area contributed by atoms with E-state index < -0.39 is 22.5 Å². The van der Waals surface area contributed by atoms with E-state index in [1.807, 2.05) is 30.3 Å². The second kappa shape index (κ2) is 7.39. The summed E-state index contributed by atoms with van der Waals surface area (Å²) in [4.78, 5) is 27.6. The molecule has 1 aliphatic carbocycles. The maximum absolute atomic E-state index is 13.3. The number of sulfonamides is 1. The fraction of sp³-hybridized carbons (Fsp3) is 0.333. The molecule has 7 heteroatoms. The number of carbonyl (C=O) groups excluding carboxylic acids is 2. The lowest BCUT2D eigenvalue weighted by Gasteiger charge is -2.35. The number of amides is 2. The number of hydrogen-bond acceptors (Lipinski definition) is 4. The highest BCUT2D eigenvalue weighted by Gasteiger charge is 2.43. The van der Waals surface area contributed by atoms with Crippen molar-refractivity contribution in [3.05, 3.63) is 60.2 Å².